The van der Waals surface area contributed by atoms with Crippen LogP contribution in [0.3, 0.4) is 0 Å². The molecule has 0 unspecified atom stereocenters. The van der Waals surface area contributed by atoms with E-state index in [4.69, 9.17) is 14.4 Å². The largest absolute Gasteiger partial charge is 0.456 e. The van der Waals surface area contributed by atoms with Crippen LogP contribution in [-0.2, 0) is 0 Å². The third-order valence-corrected chi connectivity index (χ3v) is 11.2. The van der Waals surface area contributed by atoms with Crippen LogP contribution >= 0.6 is 0 Å². The van der Waals surface area contributed by atoms with Gasteiger partial charge in [0.15, 0.2) is 5.82 Å². The molecule has 13 rings (SSSR count). The van der Waals surface area contributed by atoms with E-state index in [9.17, 15) is 0 Å². The quantitative estimate of drug-likeness (QED) is 0.175. The zero-order chi connectivity index (χ0) is 32.9. The maximum atomic E-state index is 6.23. The summed E-state index contributed by atoms with van der Waals surface area (Å²) in [5.74, 6) is 0.809. The van der Waals surface area contributed by atoms with Crippen molar-refractivity contribution >= 4 is 104 Å². The average molecular weight is 649 g/mol. The fourth-order valence-electron chi connectivity index (χ4n) is 9.09. The van der Waals surface area contributed by atoms with Crippen LogP contribution in [0.1, 0.15) is 0 Å². The molecule has 5 heteroatoms. The van der Waals surface area contributed by atoms with Crippen molar-refractivity contribution in [1.29, 1.82) is 0 Å². The smallest absolute Gasteiger partial charge is 0.165 e. The topological polar surface area (TPSA) is 48.3 Å². The van der Waals surface area contributed by atoms with Crippen molar-refractivity contribution < 1.29 is 4.42 Å². The van der Waals surface area contributed by atoms with Gasteiger partial charge in [0.05, 0.1) is 38.6 Å². The Morgan fingerprint density at radius 3 is 2.06 bits per heavy atom. The SMILES string of the molecule is c1ccc2nc(-n3c4ccc5ccc6cccc7c6c5c4c4c3ccc3c5ccccc5n7c34)c(-c3ccc4oc5ccccc5c4c3)nc2c1. The zero-order valence-electron chi connectivity index (χ0n) is 27.1. The van der Waals surface area contributed by atoms with Crippen molar-refractivity contribution in [2.45, 2.75) is 0 Å². The van der Waals surface area contributed by atoms with E-state index >= 15 is 0 Å². The first kappa shape index (κ1) is 26.0. The molecular weight excluding hydrogens is 625 g/mol. The van der Waals surface area contributed by atoms with Gasteiger partial charge in [0.25, 0.3) is 0 Å². The van der Waals surface area contributed by atoms with E-state index in [-0.39, 0.29) is 0 Å². The second-order valence-corrected chi connectivity index (χ2v) is 13.7. The zero-order valence-corrected chi connectivity index (χ0v) is 27.1. The van der Waals surface area contributed by atoms with Gasteiger partial charge < -0.3 is 8.82 Å². The van der Waals surface area contributed by atoms with Gasteiger partial charge in [-0.15, -0.1) is 0 Å². The molecule has 0 saturated carbocycles. The maximum absolute atomic E-state index is 6.23. The summed E-state index contributed by atoms with van der Waals surface area (Å²) in [6, 6.07) is 52.0. The molecule has 0 amide bonds. The lowest BCUT2D eigenvalue weighted by Crippen LogP contribution is -2.03. The van der Waals surface area contributed by atoms with Gasteiger partial charge in [-0.05, 0) is 71.4 Å². The van der Waals surface area contributed by atoms with Crippen LogP contribution in [0, 0.1) is 0 Å². The molecule has 234 valence electrons. The summed E-state index contributed by atoms with van der Waals surface area (Å²) < 4.78 is 11.1. The molecule has 8 aromatic carbocycles. The first-order valence-corrected chi connectivity index (χ1v) is 17.3. The maximum Gasteiger partial charge on any atom is 0.165 e. The fourth-order valence-corrected chi connectivity index (χ4v) is 9.09. The van der Waals surface area contributed by atoms with E-state index < -0.39 is 0 Å². The van der Waals surface area contributed by atoms with Gasteiger partial charge in [0.1, 0.15) is 16.9 Å². The van der Waals surface area contributed by atoms with Crippen molar-refractivity contribution in [1.82, 2.24) is 18.9 Å². The molecule has 5 heterocycles. The van der Waals surface area contributed by atoms with E-state index in [1.807, 2.05) is 24.3 Å². The minimum Gasteiger partial charge on any atom is -0.456 e. The summed E-state index contributed by atoms with van der Waals surface area (Å²) in [5.41, 5.74) is 11.2. The molecule has 0 aliphatic rings. The number of hydrogen-bond acceptors (Lipinski definition) is 3. The van der Waals surface area contributed by atoms with Gasteiger partial charge in [-0.3, -0.25) is 4.57 Å². The Morgan fingerprint density at radius 1 is 0.431 bits per heavy atom. The van der Waals surface area contributed by atoms with E-state index in [1.165, 1.54) is 59.6 Å². The predicted octanol–water partition coefficient (Wildman–Crippen LogP) is 12.0. The normalized spacial score (nSPS) is 12.7. The van der Waals surface area contributed by atoms with Crippen LogP contribution in [0.25, 0.3) is 121 Å². The Balaban J connectivity index is 1.26. The molecule has 0 spiro atoms. The number of para-hydroxylation sites is 4. The van der Waals surface area contributed by atoms with Gasteiger partial charge >= 0.3 is 0 Å². The summed E-state index contributed by atoms with van der Waals surface area (Å²) in [5, 5.41) is 12.2. The highest BCUT2D eigenvalue weighted by Gasteiger charge is 2.26. The molecule has 5 nitrogen and oxygen atoms in total. The second-order valence-electron chi connectivity index (χ2n) is 13.7. The average Bonchev–Trinajstić information content (AvgIpc) is 3.81. The van der Waals surface area contributed by atoms with Crippen LogP contribution in [0.15, 0.2) is 150 Å². The Morgan fingerprint density at radius 2 is 1.14 bits per heavy atom. The monoisotopic (exact) mass is 648 g/mol. The van der Waals surface area contributed by atoms with E-state index in [1.54, 1.807) is 0 Å². The molecule has 0 aliphatic heterocycles. The number of fused-ring (bicyclic) bond motifs is 8. The van der Waals surface area contributed by atoms with Crippen LogP contribution in [0.5, 0.6) is 0 Å². The summed E-state index contributed by atoms with van der Waals surface area (Å²) >= 11 is 0. The van der Waals surface area contributed by atoms with Crippen LogP contribution in [0.4, 0.5) is 0 Å². The van der Waals surface area contributed by atoms with Crippen molar-refractivity contribution in [2.24, 2.45) is 0 Å². The second kappa shape index (κ2) is 8.97. The molecule has 13 aromatic rings. The molecule has 0 saturated heterocycles. The highest BCUT2D eigenvalue weighted by Crippen LogP contribution is 2.48. The number of hydrogen-bond donors (Lipinski definition) is 0. The van der Waals surface area contributed by atoms with E-state index in [2.05, 4.69) is 130 Å². The number of benzene rings is 8. The molecule has 0 radical (unpaired) electrons. The summed E-state index contributed by atoms with van der Waals surface area (Å²) in [7, 11) is 0. The molecule has 0 atom stereocenters. The van der Waals surface area contributed by atoms with Crippen molar-refractivity contribution in [3.8, 4) is 17.1 Å². The first-order valence-electron chi connectivity index (χ1n) is 17.3. The third kappa shape index (κ3) is 3.13. The minimum atomic E-state index is 0.809. The van der Waals surface area contributed by atoms with Crippen LogP contribution < -0.4 is 0 Å². The van der Waals surface area contributed by atoms with Gasteiger partial charge in [0.2, 0.25) is 0 Å². The highest BCUT2D eigenvalue weighted by atomic mass is 16.3. The van der Waals surface area contributed by atoms with Gasteiger partial charge in [-0.2, -0.15) is 0 Å². The predicted molar refractivity (Wildman–Crippen MR) is 210 cm³/mol. The van der Waals surface area contributed by atoms with Crippen molar-refractivity contribution in [3.05, 3.63) is 146 Å². The lowest BCUT2D eigenvalue weighted by atomic mass is 9.97. The Bertz CT molecular complexity index is 3600. The van der Waals surface area contributed by atoms with Crippen LogP contribution in [0.2, 0.25) is 0 Å². The van der Waals surface area contributed by atoms with Gasteiger partial charge in [-0.1, -0.05) is 84.9 Å². The Kier molecular flexibility index (Phi) is 4.57. The Hall–Kier alpha value is -6.98. The number of aromatic nitrogens is 4. The lowest BCUT2D eigenvalue weighted by Gasteiger charge is -2.14. The summed E-state index contributed by atoms with van der Waals surface area (Å²) in [6.45, 7) is 0. The first-order chi connectivity index (χ1) is 25.3. The third-order valence-electron chi connectivity index (χ3n) is 11.2. The molecule has 0 fully saturated rings. The molecule has 51 heavy (non-hydrogen) atoms. The van der Waals surface area contributed by atoms with Crippen molar-refractivity contribution in [2.75, 3.05) is 0 Å². The number of furan rings is 1. The molecule has 0 N–H and O–H groups in total. The van der Waals surface area contributed by atoms with Gasteiger partial charge in [0, 0.05) is 48.7 Å². The highest BCUT2D eigenvalue weighted by molar-refractivity contribution is 6.37. The number of rotatable bonds is 2. The Labute approximate surface area is 288 Å². The summed E-state index contributed by atoms with van der Waals surface area (Å²) in [6.07, 6.45) is 0. The lowest BCUT2D eigenvalue weighted by molar-refractivity contribution is 0.669. The molecule has 0 bridgehead atoms. The van der Waals surface area contributed by atoms with Crippen molar-refractivity contribution in [3.63, 3.8) is 0 Å². The minimum absolute atomic E-state index is 0.809. The van der Waals surface area contributed by atoms with E-state index in [0.29, 0.717) is 0 Å². The van der Waals surface area contributed by atoms with Gasteiger partial charge in [-0.25, -0.2) is 9.97 Å². The summed E-state index contributed by atoms with van der Waals surface area (Å²) in [4.78, 5) is 10.9. The molecule has 0 aliphatic carbocycles. The number of nitrogens with zero attached hydrogens (tertiary/aromatic N) is 4. The fraction of sp³-hybridized carbons (Fsp3) is 0. The van der Waals surface area contributed by atoms with E-state index in [0.717, 1.165) is 61.1 Å². The van der Waals surface area contributed by atoms with Crippen LogP contribution in [-0.4, -0.2) is 18.9 Å². The standard InChI is InChI=1S/C46H24N4O/c1-5-13-34-28(9-1)30-20-22-37-43-42-36(21-18-26-17-16-25-8-7-14-35(40(25)41(26)42)49(34)45(30)43)50(37)46-44(47-32-11-3-4-12-33(32)48-46)27-19-23-39-31(24-27)29-10-2-6-15-38(29)51-39/h1-24H. The molecular formula is C46H24N4O. The molecule has 5 aromatic heterocycles.